The molecule has 0 unspecified atom stereocenters. The Kier molecular flexibility index (Phi) is 5.25. The zero-order valence-electron chi connectivity index (χ0n) is 9.99. The van der Waals surface area contributed by atoms with Crippen molar-refractivity contribution in [3.8, 4) is 0 Å². The molecule has 1 aliphatic rings. The maximum atomic E-state index is 11.7. The van der Waals surface area contributed by atoms with E-state index in [1.165, 1.54) is 7.11 Å². The Morgan fingerprint density at radius 2 is 2.00 bits per heavy atom. The molecule has 16 heavy (non-hydrogen) atoms. The number of amides is 1. The number of carbonyl (C=O) groups excluding carboxylic acids is 2. The third-order valence-electron chi connectivity index (χ3n) is 2.97. The molecule has 1 aliphatic heterocycles. The number of hydrogen-bond donors (Lipinski definition) is 1. The van der Waals surface area contributed by atoms with E-state index in [-0.39, 0.29) is 17.8 Å². The van der Waals surface area contributed by atoms with Gasteiger partial charge in [0.25, 0.3) is 0 Å². The fraction of sp³-hybridized carbons (Fsp3) is 0.818. The Morgan fingerprint density at radius 1 is 1.38 bits per heavy atom. The molecule has 0 aliphatic carbocycles. The number of nitrogens with one attached hydrogen (secondary N) is 1. The number of piperidine rings is 1. The smallest absolute Gasteiger partial charge is 0.308 e. The van der Waals surface area contributed by atoms with Crippen LogP contribution in [0.2, 0.25) is 0 Å². The number of esters is 1. The lowest BCUT2D eigenvalue weighted by Crippen LogP contribution is -2.41. The van der Waals surface area contributed by atoms with Crippen molar-refractivity contribution < 1.29 is 14.3 Å². The van der Waals surface area contributed by atoms with E-state index in [1.807, 2.05) is 11.9 Å². The van der Waals surface area contributed by atoms with Crippen molar-refractivity contribution in [2.24, 2.45) is 5.92 Å². The van der Waals surface area contributed by atoms with Crippen LogP contribution in [-0.2, 0) is 14.3 Å². The van der Waals surface area contributed by atoms with Gasteiger partial charge in [0.1, 0.15) is 0 Å². The number of ether oxygens (including phenoxy) is 1. The predicted octanol–water partition coefficient (Wildman–Crippen LogP) is 0.00750. The fourth-order valence-electron chi connectivity index (χ4n) is 1.92. The van der Waals surface area contributed by atoms with Gasteiger partial charge in [-0.05, 0) is 19.9 Å². The molecule has 0 bridgehead atoms. The van der Waals surface area contributed by atoms with E-state index in [0.29, 0.717) is 26.1 Å². The Morgan fingerprint density at radius 3 is 2.50 bits per heavy atom. The molecule has 0 spiro atoms. The molecule has 1 rings (SSSR count). The summed E-state index contributed by atoms with van der Waals surface area (Å²) in [5, 5.41) is 2.95. The zero-order chi connectivity index (χ0) is 12.0. The van der Waals surface area contributed by atoms with E-state index in [9.17, 15) is 9.59 Å². The topological polar surface area (TPSA) is 58.6 Å². The summed E-state index contributed by atoms with van der Waals surface area (Å²) in [5.41, 5.74) is 0. The second-order valence-electron chi connectivity index (χ2n) is 4.03. The number of nitrogens with zero attached hydrogens (tertiary/aromatic N) is 1. The van der Waals surface area contributed by atoms with Crippen LogP contribution in [0.4, 0.5) is 0 Å². The summed E-state index contributed by atoms with van der Waals surface area (Å²) < 4.78 is 4.70. The van der Waals surface area contributed by atoms with Crippen molar-refractivity contribution in [1.29, 1.82) is 0 Å². The van der Waals surface area contributed by atoms with Gasteiger partial charge in [0.05, 0.1) is 13.0 Å². The van der Waals surface area contributed by atoms with Crippen LogP contribution < -0.4 is 5.32 Å². The molecule has 1 fully saturated rings. The molecule has 0 aromatic carbocycles. The quantitative estimate of drug-likeness (QED) is 0.688. The second kappa shape index (κ2) is 6.48. The molecule has 0 aromatic heterocycles. The minimum absolute atomic E-state index is 0.0293. The normalized spacial score (nSPS) is 17.2. The van der Waals surface area contributed by atoms with Crippen molar-refractivity contribution in [1.82, 2.24) is 10.2 Å². The highest BCUT2D eigenvalue weighted by Gasteiger charge is 2.27. The van der Waals surface area contributed by atoms with E-state index in [1.54, 1.807) is 0 Å². The predicted molar refractivity (Wildman–Crippen MR) is 59.9 cm³/mol. The molecule has 0 aromatic rings. The molecular formula is C11H20N2O3. The largest absolute Gasteiger partial charge is 0.469 e. The standard InChI is InChI=1S/C11H20N2O3/c1-12-6-3-10(14)13-7-4-9(5-8-13)11(15)16-2/h9,12H,3-8H2,1-2H3. The maximum Gasteiger partial charge on any atom is 0.308 e. The van der Waals surface area contributed by atoms with Crippen LogP contribution in [0.3, 0.4) is 0 Å². The lowest BCUT2D eigenvalue weighted by Gasteiger charge is -2.30. The molecule has 5 heteroatoms. The molecule has 0 atom stereocenters. The van der Waals surface area contributed by atoms with Gasteiger partial charge in [-0.2, -0.15) is 0 Å². The first kappa shape index (κ1) is 13.0. The Balaban J connectivity index is 2.31. The van der Waals surface area contributed by atoms with Crippen molar-refractivity contribution in [3.05, 3.63) is 0 Å². The lowest BCUT2D eigenvalue weighted by molar-refractivity contribution is -0.148. The monoisotopic (exact) mass is 228 g/mol. The molecule has 92 valence electrons. The number of rotatable bonds is 4. The number of methoxy groups -OCH3 is 1. The highest BCUT2D eigenvalue weighted by atomic mass is 16.5. The SMILES string of the molecule is CNCCC(=O)N1CCC(C(=O)OC)CC1. The summed E-state index contributed by atoms with van der Waals surface area (Å²) in [4.78, 5) is 24.8. The van der Waals surface area contributed by atoms with Gasteiger partial charge >= 0.3 is 5.97 Å². The van der Waals surface area contributed by atoms with Crippen LogP contribution in [0, 0.1) is 5.92 Å². The van der Waals surface area contributed by atoms with Gasteiger partial charge < -0.3 is 15.0 Å². The number of likely N-dealkylation sites (tertiary alicyclic amines) is 1. The van der Waals surface area contributed by atoms with E-state index < -0.39 is 0 Å². The maximum absolute atomic E-state index is 11.7. The van der Waals surface area contributed by atoms with E-state index >= 15 is 0 Å². The molecule has 1 heterocycles. The molecular weight excluding hydrogens is 208 g/mol. The third kappa shape index (κ3) is 3.48. The van der Waals surface area contributed by atoms with Gasteiger partial charge in [-0.25, -0.2) is 0 Å². The summed E-state index contributed by atoms with van der Waals surface area (Å²) in [6, 6.07) is 0. The third-order valence-corrected chi connectivity index (χ3v) is 2.97. The van der Waals surface area contributed by atoms with E-state index in [4.69, 9.17) is 4.74 Å². The summed E-state index contributed by atoms with van der Waals surface area (Å²) in [6.45, 7) is 2.04. The minimum atomic E-state index is -0.151. The lowest BCUT2D eigenvalue weighted by atomic mass is 9.97. The van der Waals surface area contributed by atoms with Crippen molar-refractivity contribution in [2.75, 3.05) is 33.8 Å². The van der Waals surface area contributed by atoms with E-state index in [0.717, 1.165) is 12.8 Å². The van der Waals surface area contributed by atoms with Gasteiger partial charge in [0.15, 0.2) is 0 Å². The molecule has 1 saturated heterocycles. The summed E-state index contributed by atoms with van der Waals surface area (Å²) in [6.07, 6.45) is 1.97. The van der Waals surface area contributed by atoms with Gasteiger partial charge in [-0.15, -0.1) is 0 Å². The van der Waals surface area contributed by atoms with Crippen LogP contribution in [0.25, 0.3) is 0 Å². The van der Waals surface area contributed by atoms with E-state index in [2.05, 4.69) is 5.32 Å². The fourth-order valence-corrected chi connectivity index (χ4v) is 1.92. The van der Waals surface area contributed by atoms with Gasteiger partial charge in [-0.3, -0.25) is 9.59 Å². The first-order valence-electron chi connectivity index (χ1n) is 5.69. The average molecular weight is 228 g/mol. The van der Waals surface area contributed by atoms with Crippen molar-refractivity contribution in [3.63, 3.8) is 0 Å². The highest BCUT2D eigenvalue weighted by Crippen LogP contribution is 2.18. The zero-order valence-corrected chi connectivity index (χ0v) is 9.99. The van der Waals surface area contributed by atoms with Gasteiger partial charge in [-0.1, -0.05) is 0 Å². The number of hydrogen-bond acceptors (Lipinski definition) is 4. The number of carbonyl (C=O) groups is 2. The summed E-state index contributed by atoms with van der Waals surface area (Å²) in [5.74, 6) is -0.0154. The molecule has 1 amide bonds. The molecule has 1 N–H and O–H groups in total. The van der Waals surface area contributed by atoms with Crippen molar-refractivity contribution >= 4 is 11.9 Å². The first-order valence-corrected chi connectivity index (χ1v) is 5.69. The second-order valence-corrected chi connectivity index (χ2v) is 4.03. The van der Waals surface area contributed by atoms with Gasteiger partial charge in [0, 0.05) is 26.1 Å². The summed E-state index contributed by atoms with van der Waals surface area (Å²) in [7, 11) is 3.24. The highest BCUT2D eigenvalue weighted by molar-refractivity contribution is 5.77. The van der Waals surface area contributed by atoms with Crippen LogP contribution >= 0.6 is 0 Å². The van der Waals surface area contributed by atoms with Crippen molar-refractivity contribution in [2.45, 2.75) is 19.3 Å². The first-order chi connectivity index (χ1) is 7.69. The van der Waals surface area contributed by atoms with Crippen LogP contribution in [0.1, 0.15) is 19.3 Å². The molecule has 5 nitrogen and oxygen atoms in total. The average Bonchev–Trinajstić information content (AvgIpc) is 2.35. The van der Waals surface area contributed by atoms with Crippen LogP contribution in [0.5, 0.6) is 0 Å². The molecule has 0 saturated carbocycles. The Bertz CT molecular complexity index is 248. The van der Waals surface area contributed by atoms with Crippen LogP contribution in [0.15, 0.2) is 0 Å². The Hall–Kier alpha value is -1.10. The Labute approximate surface area is 96.1 Å². The van der Waals surface area contributed by atoms with Gasteiger partial charge in [0.2, 0.25) is 5.91 Å². The minimum Gasteiger partial charge on any atom is -0.469 e. The summed E-state index contributed by atoms with van der Waals surface area (Å²) >= 11 is 0. The van der Waals surface area contributed by atoms with Crippen LogP contribution in [-0.4, -0.2) is 50.6 Å². The molecule has 0 radical (unpaired) electrons.